The lowest BCUT2D eigenvalue weighted by Crippen LogP contribution is -2.34. The van der Waals surface area contributed by atoms with E-state index in [0.717, 1.165) is 0 Å². The van der Waals surface area contributed by atoms with Crippen LogP contribution in [0.4, 0.5) is 0 Å². The summed E-state index contributed by atoms with van der Waals surface area (Å²) < 4.78 is 25.7. The molecule has 1 aromatic rings. The number of sulfonamides is 1. The van der Waals surface area contributed by atoms with Gasteiger partial charge in [0.25, 0.3) is 0 Å². The quantitative estimate of drug-likeness (QED) is 0.787. The molecule has 0 aliphatic carbocycles. The summed E-state index contributed by atoms with van der Waals surface area (Å²) in [5.41, 5.74) is 0.397. The Kier molecular flexibility index (Phi) is 4.01. The molecule has 0 amide bonds. The zero-order chi connectivity index (χ0) is 12.2. The van der Waals surface area contributed by atoms with Gasteiger partial charge in [-0.3, -0.25) is 0 Å². The third kappa shape index (κ3) is 3.03. The van der Waals surface area contributed by atoms with Gasteiger partial charge in [-0.25, -0.2) is 13.1 Å². The molecule has 0 spiro atoms. The number of benzene rings is 1. The Morgan fingerprint density at radius 1 is 1.44 bits per heavy atom. The molecule has 5 nitrogen and oxygen atoms in total. The van der Waals surface area contributed by atoms with Crippen molar-refractivity contribution in [2.75, 3.05) is 6.61 Å². The Hall–Kier alpha value is -1.42. The first-order valence-electron chi connectivity index (χ1n) is 4.63. The summed E-state index contributed by atoms with van der Waals surface area (Å²) in [6, 6.07) is 6.92. The Bertz CT molecular complexity index is 488. The second-order valence-corrected chi connectivity index (χ2v) is 5.06. The number of aliphatic hydroxyl groups excluding tert-OH is 1. The van der Waals surface area contributed by atoms with Gasteiger partial charge in [0.2, 0.25) is 10.0 Å². The zero-order valence-electron chi connectivity index (χ0n) is 8.71. The normalized spacial score (nSPS) is 13.1. The fourth-order valence-corrected chi connectivity index (χ4v) is 2.31. The second-order valence-electron chi connectivity index (χ2n) is 3.34. The van der Waals surface area contributed by atoms with E-state index in [1.807, 2.05) is 6.07 Å². The molecule has 0 bridgehead atoms. The monoisotopic (exact) mass is 240 g/mol. The zero-order valence-corrected chi connectivity index (χ0v) is 9.53. The van der Waals surface area contributed by atoms with Crippen molar-refractivity contribution in [1.82, 2.24) is 4.72 Å². The second kappa shape index (κ2) is 5.07. The molecule has 0 heterocycles. The number of hydrogen-bond donors (Lipinski definition) is 2. The molecule has 0 saturated carbocycles. The molecule has 2 N–H and O–H groups in total. The van der Waals surface area contributed by atoms with E-state index in [9.17, 15) is 8.42 Å². The summed E-state index contributed by atoms with van der Waals surface area (Å²) in [4.78, 5) is 0.0757. The van der Waals surface area contributed by atoms with E-state index in [2.05, 4.69) is 4.72 Å². The van der Waals surface area contributed by atoms with Gasteiger partial charge in [-0.15, -0.1) is 0 Å². The molecule has 0 unspecified atom stereocenters. The average Bonchev–Trinajstić information content (AvgIpc) is 2.28. The SMILES string of the molecule is C[C@@H](CO)NS(=O)(=O)c1ccc(C#N)cc1. The van der Waals surface area contributed by atoms with Gasteiger partial charge >= 0.3 is 0 Å². The maximum Gasteiger partial charge on any atom is 0.240 e. The molecular formula is C10H12N2O3S. The van der Waals surface area contributed by atoms with Gasteiger partial charge in [0, 0.05) is 6.04 Å². The largest absolute Gasteiger partial charge is 0.395 e. The highest BCUT2D eigenvalue weighted by Crippen LogP contribution is 2.10. The predicted octanol–water partition coefficient (Wildman–Crippen LogP) is 0.217. The molecule has 1 aromatic carbocycles. The van der Waals surface area contributed by atoms with E-state index in [4.69, 9.17) is 10.4 Å². The fourth-order valence-electron chi connectivity index (χ4n) is 1.08. The maximum atomic E-state index is 11.7. The van der Waals surface area contributed by atoms with Gasteiger partial charge in [0.05, 0.1) is 23.1 Å². The number of aliphatic hydroxyl groups is 1. The molecule has 0 aliphatic heterocycles. The molecule has 6 heteroatoms. The van der Waals surface area contributed by atoms with Crippen molar-refractivity contribution in [2.45, 2.75) is 17.9 Å². The van der Waals surface area contributed by atoms with Crippen molar-refractivity contribution in [3.63, 3.8) is 0 Å². The summed E-state index contributed by atoms with van der Waals surface area (Å²) >= 11 is 0. The number of nitrogens with zero attached hydrogens (tertiary/aromatic N) is 1. The Balaban J connectivity index is 2.95. The van der Waals surface area contributed by atoms with Crippen molar-refractivity contribution >= 4 is 10.0 Å². The topological polar surface area (TPSA) is 90.2 Å². The highest BCUT2D eigenvalue weighted by Gasteiger charge is 2.16. The minimum Gasteiger partial charge on any atom is -0.395 e. The molecule has 0 saturated heterocycles. The van der Waals surface area contributed by atoms with Gasteiger partial charge in [0.15, 0.2) is 0 Å². The number of nitrogens with one attached hydrogen (secondary N) is 1. The van der Waals surface area contributed by atoms with Gasteiger partial charge in [-0.2, -0.15) is 5.26 Å². The van der Waals surface area contributed by atoms with E-state index < -0.39 is 16.1 Å². The molecule has 1 rings (SSSR count). The Morgan fingerprint density at radius 3 is 2.44 bits per heavy atom. The summed E-state index contributed by atoms with van der Waals surface area (Å²) in [5.74, 6) is 0. The lowest BCUT2D eigenvalue weighted by Gasteiger charge is -2.11. The van der Waals surface area contributed by atoms with Crippen LogP contribution in [0.1, 0.15) is 12.5 Å². The van der Waals surface area contributed by atoms with Crippen LogP contribution in [0, 0.1) is 11.3 Å². The number of hydrogen-bond acceptors (Lipinski definition) is 4. The highest BCUT2D eigenvalue weighted by atomic mass is 32.2. The van der Waals surface area contributed by atoms with Crippen LogP contribution >= 0.6 is 0 Å². The van der Waals surface area contributed by atoms with Crippen LogP contribution in [0.25, 0.3) is 0 Å². The first kappa shape index (κ1) is 12.6. The summed E-state index contributed by atoms with van der Waals surface area (Å²) in [6.45, 7) is 1.29. The van der Waals surface area contributed by atoms with Crippen molar-refractivity contribution in [3.8, 4) is 6.07 Å². The van der Waals surface area contributed by atoms with Gasteiger partial charge in [-0.05, 0) is 31.2 Å². The fraction of sp³-hybridized carbons (Fsp3) is 0.300. The van der Waals surface area contributed by atoms with Crippen LogP contribution in [0.2, 0.25) is 0 Å². The summed E-state index contributed by atoms with van der Waals surface area (Å²) in [6.07, 6.45) is 0. The van der Waals surface area contributed by atoms with Crippen molar-refractivity contribution in [3.05, 3.63) is 29.8 Å². The van der Waals surface area contributed by atoms with E-state index in [-0.39, 0.29) is 11.5 Å². The number of rotatable bonds is 4. The molecule has 1 atom stereocenters. The smallest absolute Gasteiger partial charge is 0.240 e. The van der Waals surface area contributed by atoms with Crippen LogP contribution in [0.5, 0.6) is 0 Å². The van der Waals surface area contributed by atoms with Gasteiger partial charge in [-0.1, -0.05) is 0 Å². The molecule has 0 aromatic heterocycles. The Labute approximate surface area is 94.4 Å². The highest BCUT2D eigenvalue weighted by molar-refractivity contribution is 7.89. The molecule has 0 fully saturated rings. The van der Waals surface area contributed by atoms with Crippen LogP contribution < -0.4 is 4.72 Å². The third-order valence-corrected chi connectivity index (χ3v) is 3.53. The van der Waals surface area contributed by atoms with Gasteiger partial charge < -0.3 is 5.11 Å². The minimum absolute atomic E-state index is 0.0757. The third-order valence-electron chi connectivity index (χ3n) is 1.92. The standard InChI is InChI=1S/C10H12N2O3S/c1-8(7-13)12-16(14,15)10-4-2-9(6-11)3-5-10/h2-5,8,12-13H,7H2,1H3/t8-/m0/s1. The maximum absolute atomic E-state index is 11.7. The predicted molar refractivity (Wildman–Crippen MR) is 58.0 cm³/mol. The van der Waals surface area contributed by atoms with Crippen molar-refractivity contribution in [2.24, 2.45) is 0 Å². The number of nitriles is 1. The Morgan fingerprint density at radius 2 is 2.00 bits per heavy atom. The van der Waals surface area contributed by atoms with Crippen molar-refractivity contribution in [1.29, 1.82) is 5.26 Å². The first-order valence-corrected chi connectivity index (χ1v) is 6.11. The molecule has 0 aliphatic rings. The molecule has 86 valence electrons. The molecule has 0 radical (unpaired) electrons. The molecular weight excluding hydrogens is 228 g/mol. The van der Waals surface area contributed by atoms with Crippen LogP contribution in [-0.4, -0.2) is 26.2 Å². The summed E-state index contributed by atoms with van der Waals surface area (Å²) in [7, 11) is -3.62. The van der Waals surface area contributed by atoms with E-state index >= 15 is 0 Å². The first-order chi connectivity index (χ1) is 7.49. The van der Waals surface area contributed by atoms with E-state index in [1.165, 1.54) is 24.3 Å². The van der Waals surface area contributed by atoms with E-state index in [1.54, 1.807) is 6.92 Å². The minimum atomic E-state index is -3.62. The van der Waals surface area contributed by atoms with Crippen LogP contribution in [0.15, 0.2) is 29.2 Å². The van der Waals surface area contributed by atoms with Crippen LogP contribution in [0.3, 0.4) is 0 Å². The lowest BCUT2D eigenvalue weighted by molar-refractivity contribution is 0.265. The van der Waals surface area contributed by atoms with Crippen molar-refractivity contribution < 1.29 is 13.5 Å². The molecule has 16 heavy (non-hydrogen) atoms. The summed E-state index contributed by atoms with van der Waals surface area (Å²) in [5, 5.41) is 17.3. The van der Waals surface area contributed by atoms with Gasteiger partial charge in [0.1, 0.15) is 0 Å². The van der Waals surface area contributed by atoms with Crippen LogP contribution in [-0.2, 0) is 10.0 Å². The lowest BCUT2D eigenvalue weighted by atomic mass is 10.2. The average molecular weight is 240 g/mol. The van der Waals surface area contributed by atoms with E-state index in [0.29, 0.717) is 5.56 Å².